The van der Waals surface area contributed by atoms with Crippen molar-refractivity contribution >= 4 is 0 Å². The molecule has 0 unspecified atom stereocenters. The van der Waals surface area contributed by atoms with Crippen molar-refractivity contribution in [2.45, 2.75) is 12.6 Å². The lowest BCUT2D eigenvalue weighted by molar-refractivity contribution is -0.0461. The summed E-state index contributed by atoms with van der Waals surface area (Å²) in [7, 11) is 0. The van der Waals surface area contributed by atoms with Crippen LogP contribution in [0.2, 0.25) is 0 Å². The van der Waals surface area contributed by atoms with Gasteiger partial charge in [-0.1, -0.05) is 30.3 Å². The Hall–Kier alpha value is -0.900. The van der Waals surface area contributed by atoms with Crippen molar-refractivity contribution in [1.29, 1.82) is 0 Å². The Kier molecular flexibility index (Phi) is 3.41. The Bertz CT molecular complexity index is 354. The van der Waals surface area contributed by atoms with E-state index in [0.717, 1.165) is 32.8 Å². The number of fused-ring (bicyclic) bond motifs is 1. The molecule has 2 heterocycles. The average molecular weight is 232 g/mol. The van der Waals surface area contributed by atoms with Crippen LogP contribution in [0.15, 0.2) is 30.3 Å². The van der Waals surface area contributed by atoms with Crippen LogP contribution in [0.3, 0.4) is 0 Å². The van der Waals surface area contributed by atoms with Crippen LogP contribution in [0, 0.1) is 0 Å². The Labute approximate surface area is 103 Å². The van der Waals surface area contributed by atoms with E-state index in [0.29, 0.717) is 6.04 Å². The summed E-state index contributed by atoms with van der Waals surface area (Å²) in [5.41, 5.74) is 1.41. The molecular formula is C14H20N2O. The summed E-state index contributed by atoms with van der Waals surface area (Å²) in [6.45, 7) is 7.54. The van der Waals surface area contributed by atoms with Crippen molar-refractivity contribution in [2.75, 3.05) is 39.4 Å². The van der Waals surface area contributed by atoms with Crippen LogP contribution in [0.25, 0.3) is 0 Å². The lowest BCUT2D eigenvalue weighted by atomic mass is 10.1. The quantitative estimate of drug-likeness (QED) is 0.762. The van der Waals surface area contributed by atoms with Gasteiger partial charge in [0, 0.05) is 38.8 Å². The molecule has 0 N–H and O–H groups in total. The van der Waals surface area contributed by atoms with Crippen LogP contribution in [0.1, 0.15) is 5.56 Å². The molecule has 1 aromatic rings. The highest BCUT2D eigenvalue weighted by Crippen LogP contribution is 2.15. The first kappa shape index (κ1) is 11.2. The molecule has 0 spiro atoms. The number of benzene rings is 1. The van der Waals surface area contributed by atoms with Crippen molar-refractivity contribution in [2.24, 2.45) is 0 Å². The molecule has 2 fully saturated rings. The predicted octanol–water partition coefficient (Wildman–Crippen LogP) is 1.20. The summed E-state index contributed by atoms with van der Waals surface area (Å²) in [4.78, 5) is 5.12. The largest absolute Gasteiger partial charge is 0.378 e. The van der Waals surface area contributed by atoms with Crippen molar-refractivity contribution < 1.29 is 4.74 Å². The third-order valence-electron chi connectivity index (χ3n) is 3.77. The van der Waals surface area contributed by atoms with E-state index in [4.69, 9.17) is 4.74 Å². The predicted molar refractivity (Wildman–Crippen MR) is 67.9 cm³/mol. The Morgan fingerprint density at radius 2 is 2.00 bits per heavy atom. The van der Waals surface area contributed by atoms with Crippen molar-refractivity contribution in [3.05, 3.63) is 35.9 Å². The van der Waals surface area contributed by atoms with E-state index in [1.54, 1.807) is 0 Å². The van der Waals surface area contributed by atoms with Gasteiger partial charge in [0.1, 0.15) is 0 Å². The Morgan fingerprint density at radius 1 is 1.12 bits per heavy atom. The molecular weight excluding hydrogens is 212 g/mol. The normalized spacial score (nSPS) is 26.7. The first-order valence-electron chi connectivity index (χ1n) is 6.50. The van der Waals surface area contributed by atoms with Crippen molar-refractivity contribution in [1.82, 2.24) is 9.80 Å². The molecule has 0 saturated carbocycles. The second-order valence-electron chi connectivity index (χ2n) is 4.99. The highest BCUT2D eigenvalue weighted by Gasteiger charge is 2.29. The van der Waals surface area contributed by atoms with Crippen molar-refractivity contribution in [3.63, 3.8) is 0 Å². The van der Waals surface area contributed by atoms with E-state index in [9.17, 15) is 0 Å². The summed E-state index contributed by atoms with van der Waals surface area (Å²) < 4.78 is 5.57. The van der Waals surface area contributed by atoms with Crippen LogP contribution in [0.5, 0.6) is 0 Å². The highest BCUT2D eigenvalue weighted by molar-refractivity contribution is 5.14. The molecule has 1 aromatic carbocycles. The fourth-order valence-corrected chi connectivity index (χ4v) is 2.80. The maximum Gasteiger partial charge on any atom is 0.0634 e. The van der Waals surface area contributed by atoms with Gasteiger partial charge < -0.3 is 4.74 Å². The molecule has 2 aliphatic heterocycles. The van der Waals surface area contributed by atoms with E-state index in [2.05, 4.69) is 40.1 Å². The van der Waals surface area contributed by atoms with Gasteiger partial charge in [-0.05, 0) is 5.56 Å². The summed E-state index contributed by atoms with van der Waals surface area (Å²) in [6.07, 6.45) is 0. The lowest BCUT2D eigenvalue weighted by Gasteiger charge is -2.43. The van der Waals surface area contributed by atoms with E-state index < -0.39 is 0 Å². The minimum Gasteiger partial charge on any atom is -0.378 e. The molecule has 2 aliphatic rings. The van der Waals surface area contributed by atoms with Crippen molar-refractivity contribution in [3.8, 4) is 0 Å². The molecule has 0 aromatic heterocycles. The third kappa shape index (κ3) is 2.68. The smallest absolute Gasteiger partial charge is 0.0634 e. The minimum atomic E-state index is 0.612. The van der Waals surface area contributed by atoms with Gasteiger partial charge in [0.15, 0.2) is 0 Å². The Morgan fingerprint density at radius 3 is 2.88 bits per heavy atom. The molecule has 0 radical (unpaired) electrons. The second-order valence-corrected chi connectivity index (χ2v) is 4.99. The lowest BCUT2D eigenvalue weighted by Crippen LogP contribution is -2.57. The molecule has 0 bridgehead atoms. The zero-order chi connectivity index (χ0) is 11.5. The van der Waals surface area contributed by atoms with Crippen LogP contribution < -0.4 is 0 Å². The standard InChI is InChI=1S/C14H20N2O/c1-2-4-13(5-3-1)10-15-6-7-16-8-9-17-12-14(16)11-15/h1-5,14H,6-12H2/t14-/m1/s1. The molecule has 17 heavy (non-hydrogen) atoms. The van der Waals surface area contributed by atoms with Gasteiger partial charge in [0.2, 0.25) is 0 Å². The topological polar surface area (TPSA) is 15.7 Å². The molecule has 1 atom stereocenters. The molecule has 3 rings (SSSR count). The zero-order valence-electron chi connectivity index (χ0n) is 10.2. The average Bonchev–Trinajstić information content (AvgIpc) is 2.40. The minimum absolute atomic E-state index is 0.612. The van der Waals surface area contributed by atoms with E-state index >= 15 is 0 Å². The van der Waals surface area contributed by atoms with Crippen LogP contribution in [-0.2, 0) is 11.3 Å². The van der Waals surface area contributed by atoms with E-state index in [1.807, 2.05) is 0 Å². The number of ether oxygens (including phenoxy) is 1. The van der Waals surface area contributed by atoms with E-state index in [1.165, 1.54) is 18.7 Å². The van der Waals surface area contributed by atoms with Gasteiger partial charge in [-0.3, -0.25) is 9.80 Å². The van der Waals surface area contributed by atoms with Gasteiger partial charge in [-0.25, -0.2) is 0 Å². The molecule has 0 amide bonds. The number of morpholine rings is 1. The first-order valence-corrected chi connectivity index (χ1v) is 6.50. The molecule has 3 heteroatoms. The molecule has 3 nitrogen and oxygen atoms in total. The fraction of sp³-hybridized carbons (Fsp3) is 0.571. The number of hydrogen-bond acceptors (Lipinski definition) is 3. The zero-order valence-corrected chi connectivity index (χ0v) is 10.2. The summed E-state index contributed by atoms with van der Waals surface area (Å²) in [5, 5.41) is 0. The highest BCUT2D eigenvalue weighted by atomic mass is 16.5. The third-order valence-corrected chi connectivity index (χ3v) is 3.77. The molecule has 92 valence electrons. The van der Waals surface area contributed by atoms with Gasteiger partial charge in [-0.2, -0.15) is 0 Å². The number of nitrogens with zero attached hydrogens (tertiary/aromatic N) is 2. The maximum atomic E-state index is 5.57. The summed E-state index contributed by atoms with van der Waals surface area (Å²) >= 11 is 0. The number of piperazine rings is 1. The van der Waals surface area contributed by atoms with Crippen LogP contribution >= 0.6 is 0 Å². The Balaban J connectivity index is 1.59. The summed E-state index contributed by atoms with van der Waals surface area (Å²) in [5.74, 6) is 0. The molecule has 2 saturated heterocycles. The van der Waals surface area contributed by atoms with Crippen LogP contribution in [0.4, 0.5) is 0 Å². The second kappa shape index (κ2) is 5.17. The van der Waals surface area contributed by atoms with Gasteiger partial charge in [0.25, 0.3) is 0 Å². The molecule has 0 aliphatic carbocycles. The number of rotatable bonds is 2. The fourth-order valence-electron chi connectivity index (χ4n) is 2.80. The van der Waals surface area contributed by atoms with Gasteiger partial charge in [0.05, 0.1) is 13.2 Å². The number of hydrogen-bond donors (Lipinski definition) is 0. The summed E-state index contributed by atoms with van der Waals surface area (Å²) in [6, 6.07) is 11.4. The maximum absolute atomic E-state index is 5.57. The SMILES string of the molecule is c1ccc(CN2CCN3CCOC[C@H]3C2)cc1. The first-order chi connectivity index (χ1) is 8.42. The van der Waals surface area contributed by atoms with Crippen LogP contribution in [-0.4, -0.2) is 55.2 Å². The monoisotopic (exact) mass is 232 g/mol. The van der Waals surface area contributed by atoms with E-state index in [-0.39, 0.29) is 0 Å². The van der Waals surface area contributed by atoms with Gasteiger partial charge in [-0.15, -0.1) is 0 Å². The van der Waals surface area contributed by atoms with Gasteiger partial charge >= 0.3 is 0 Å².